The highest BCUT2D eigenvalue weighted by Gasteiger charge is 2.34. The summed E-state index contributed by atoms with van der Waals surface area (Å²) in [5.74, 6) is -0.370. The molecule has 0 saturated heterocycles. The van der Waals surface area contributed by atoms with Crippen LogP contribution in [0.1, 0.15) is 11.1 Å². The normalized spacial score (nSPS) is 18.6. The molecule has 0 saturated carbocycles. The Labute approximate surface area is 116 Å². The van der Waals surface area contributed by atoms with E-state index in [1.807, 2.05) is 60.7 Å². The molecule has 0 aliphatic carbocycles. The second-order valence-electron chi connectivity index (χ2n) is 4.24. The minimum Gasteiger partial charge on any atom is -0.438 e. The lowest BCUT2D eigenvalue weighted by Crippen LogP contribution is -2.02. The quantitative estimate of drug-likeness (QED) is 0.614. The van der Waals surface area contributed by atoms with E-state index in [9.17, 15) is 4.79 Å². The van der Waals surface area contributed by atoms with E-state index in [0.29, 0.717) is 5.57 Å². The molecule has 0 spiro atoms. The number of halogens is 1. The van der Waals surface area contributed by atoms with Gasteiger partial charge in [0.15, 0.2) is 0 Å². The molecule has 0 bridgehead atoms. The van der Waals surface area contributed by atoms with Crippen molar-refractivity contribution in [3.05, 3.63) is 71.8 Å². The number of carbonyl (C=O) groups excluding carboxylic acids is 1. The van der Waals surface area contributed by atoms with Crippen LogP contribution in [0.3, 0.4) is 0 Å². The Morgan fingerprint density at radius 1 is 0.842 bits per heavy atom. The third-order valence-electron chi connectivity index (χ3n) is 3.06. The van der Waals surface area contributed by atoms with E-state index in [1.54, 1.807) is 0 Å². The van der Waals surface area contributed by atoms with Gasteiger partial charge in [0, 0.05) is 5.57 Å². The molecule has 3 heteroatoms. The number of ether oxygens (including phenoxy) is 1. The average Bonchev–Trinajstić information content (AvgIpc) is 2.75. The molecule has 0 aromatic heterocycles. The fourth-order valence-corrected chi connectivity index (χ4v) is 2.52. The topological polar surface area (TPSA) is 26.3 Å². The minimum absolute atomic E-state index is 0.370. The predicted octanol–water partition coefficient (Wildman–Crippen LogP) is 3.72. The monoisotopic (exact) mass is 270 g/mol. The van der Waals surface area contributed by atoms with Crippen molar-refractivity contribution in [2.45, 2.75) is 5.56 Å². The van der Waals surface area contributed by atoms with Crippen LogP contribution in [0, 0.1) is 0 Å². The Bertz CT molecular complexity index is 632. The zero-order chi connectivity index (χ0) is 13.2. The van der Waals surface area contributed by atoms with Crippen LogP contribution in [0.25, 0.3) is 11.1 Å². The fourth-order valence-electron chi connectivity index (χ4n) is 2.21. The van der Waals surface area contributed by atoms with Crippen molar-refractivity contribution in [3.63, 3.8) is 0 Å². The van der Waals surface area contributed by atoms with Gasteiger partial charge in [-0.1, -0.05) is 72.3 Å². The number of cyclic esters (lactones) is 1. The predicted molar refractivity (Wildman–Crippen MR) is 75.4 cm³/mol. The van der Waals surface area contributed by atoms with Crippen molar-refractivity contribution in [1.29, 1.82) is 0 Å². The van der Waals surface area contributed by atoms with Crippen molar-refractivity contribution in [2.75, 3.05) is 0 Å². The van der Waals surface area contributed by atoms with Crippen LogP contribution in [0.15, 0.2) is 60.7 Å². The number of carbonyl (C=O) groups is 1. The van der Waals surface area contributed by atoms with E-state index in [1.165, 1.54) is 0 Å². The van der Waals surface area contributed by atoms with Gasteiger partial charge in [0.2, 0.25) is 5.56 Å². The molecule has 0 fully saturated rings. The maximum Gasteiger partial charge on any atom is 0.341 e. The van der Waals surface area contributed by atoms with E-state index in [-0.39, 0.29) is 5.97 Å². The third kappa shape index (κ3) is 2.15. The van der Waals surface area contributed by atoms with Gasteiger partial charge in [-0.2, -0.15) is 0 Å². The smallest absolute Gasteiger partial charge is 0.341 e. The molecule has 1 unspecified atom stereocenters. The summed E-state index contributed by atoms with van der Waals surface area (Å²) in [6.07, 6.45) is 0. The summed E-state index contributed by atoms with van der Waals surface area (Å²) < 4.78 is 5.15. The molecular formula is C16H11ClO2. The second kappa shape index (κ2) is 4.90. The molecule has 2 aromatic rings. The Hall–Kier alpha value is -2.06. The summed E-state index contributed by atoms with van der Waals surface area (Å²) in [5, 5.41) is 0. The van der Waals surface area contributed by atoms with Crippen molar-refractivity contribution < 1.29 is 9.53 Å². The standard InChI is InChI=1S/C16H11ClO2/c17-15-13(11-7-3-1-4-8-11)14(16(18)19-15)12-9-5-2-6-10-12/h1-10,15H. The summed E-state index contributed by atoms with van der Waals surface area (Å²) in [5.41, 5.74) is 2.29. The number of hydrogen-bond acceptors (Lipinski definition) is 2. The van der Waals surface area contributed by atoms with Crippen LogP contribution in [-0.2, 0) is 9.53 Å². The third-order valence-corrected chi connectivity index (χ3v) is 3.37. The largest absolute Gasteiger partial charge is 0.438 e. The molecule has 2 aromatic carbocycles. The molecule has 0 amide bonds. The van der Waals surface area contributed by atoms with E-state index in [2.05, 4.69) is 0 Å². The van der Waals surface area contributed by atoms with Gasteiger partial charge in [-0.15, -0.1) is 0 Å². The lowest BCUT2D eigenvalue weighted by molar-refractivity contribution is -0.135. The molecule has 2 nitrogen and oxygen atoms in total. The first-order valence-electron chi connectivity index (χ1n) is 5.97. The van der Waals surface area contributed by atoms with Gasteiger partial charge in [-0.3, -0.25) is 0 Å². The van der Waals surface area contributed by atoms with Gasteiger partial charge in [0.1, 0.15) is 0 Å². The number of esters is 1. The summed E-state index contributed by atoms with van der Waals surface area (Å²) >= 11 is 6.15. The Kier molecular flexibility index (Phi) is 3.10. The highest BCUT2D eigenvalue weighted by molar-refractivity contribution is 6.37. The van der Waals surface area contributed by atoms with Crippen LogP contribution in [0.2, 0.25) is 0 Å². The van der Waals surface area contributed by atoms with Gasteiger partial charge >= 0.3 is 5.97 Å². The van der Waals surface area contributed by atoms with Crippen LogP contribution < -0.4 is 0 Å². The number of alkyl halides is 1. The van der Waals surface area contributed by atoms with E-state index in [4.69, 9.17) is 16.3 Å². The Morgan fingerprint density at radius 3 is 1.95 bits per heavy atom. The van der Waals surface area contributed by atoms with Crippen molar-refractivity contribution in [3.8, 4) is 0 Å². The van der Waals surface area contributed by atoms with Crippen molar-refractivity contribution in [1.82, 2.24) is 0 Å². The molecule has 0 N–H and O–H groups in total. The zero-order valence-electron chi connectivity index (χ0n) is 10.0. The van der Waals surface area contributed by atoms with Crippen LogP contribution in [-0.4, -0.2) is 11.5 Å². The summed E-state index contributed by atoms with van der Waals surface area (Å²) in [6.45, 7) is 0. The second-order valence-corrected chi connectivity index (χ2v) is 4.64. The molecule has 1 aliphatic heterocycles. The number of rotatable bonds is 2. The van der Waals surface area contributed by atoms with Crippen molar-refractivity contribution >= 4 is 28.7 Å². The van der Waals surface area contributed by atoms with Gasteiger partial charge in [-0.25, -0.2) is 4.79 Å². The average molecular weight is 271 g/mol. The maximum absolute atomic E-state index is 12.0. The first kappa shape index (κ1) is 12.0. The van der Waals surface area contributed by atoms with E-state index >= 15 is 0 Å². The minimum atomic E-state index is -0.731. The zero-order valence-corrected chi connectivity index (χ0v) is 10.8. The molecule has 1 atom stereocenters. The SMILES string of the molecule is O=C1OC(Cl)C(c2ccccc2)=C1c1ccccc1. The first-order valence-corrected chi connectivity index (χ1v) is 6.41. The summed E-state index contributed by atoms with van der Waals surface area (Å²) in [6, 6.07) is 19.1. The molecule has 94 valence electrons. The first-order chi connectivity index (χ1) is 9.27. The molecule has 1 aliphatic rings. The highest BCUT2D eigenvalue weighted by Crippen LogP contribution is 2.38. The summed E-state index contributed by atoms with van der Waals surface area (Å²) in [4.78, 5) is 12.0. The Morgan fingerprint density at radius 2 is 1.37 bits per heavy atom. The summed E-state index contributed by atoms with van der Waals surface area (Å²) in [7, 11) is 0. The van der Waals surface area contributed by atoms with E-state index < -0.39 is 5.56 Å². The van der Waals surface area contributed by atoms with Gasteiger partial charge in [-0.05, 0) is 11.1 Å². The van der Waals surface area contributed by atoms with E-state index in [0.717, 1.165) is 16.7 Å². The van der Waals surface area contributed by atoms with Crippen LogP contribution in [0.4, 0.5) is 0 Å². The molecule has 1 heterocycles. The molecular weight excluding hydrogens is 260 g/mol. The lowest BCUT2D eigenvalue weighted by atomic mass is 9.97. The molecule has 19 heavy (non-hydrogen) atoms. The van der Waals surface area contributed by atoms with Gasteiger partial charge in [0.25, 0.3) is 0 Å². The maximum atomic E-state index is 12.0. The van der Waals surface area contributed by atoms with Gasteiger partial charge in [0.05, 0.1) is 5.57 Å². The Balaban J connectivity index is 2.21. The highest BCUT2D eigenvalue weighted by atomic mass is 35.5. The van der Waals surface area contributed by atoms with Crippen LogP contribution in [0.5, 0.6) is 0 Å². The van der Waals surface area contributed by atoms with Crippen LogP contribution >= 0.6 is 11.6 Å². The van der Waals surface area contributed by atoms with Gasteiger partial charge < -0.3 is 4.74 Å². The fraction of sp³-hybridized carbons (Fsp3) is 0.0625. The number of benzene rings is 2. The molecule has 0 radical (unpaired) electrons. The lowest BCUT2D eigenvalue weighted by Gasteiger charge is -2.07. The number of hydrogen-bond donors (Lipinski definition) is 0. The molecule has 3 rings (SSSR count). The van der Waals surface area contributed by atoms with Crippen molar-refractivity contribution in [2.24, 2.45) is 0 Å².